The molecule has 0 aromatic heterocycles. The van der Waals surface area contributed by atoms with Crippen molar-refractivity contribution < 1.29 is 19.7 Å². The average Bonchev–Trinajstić information content (AvgIpc) is 2.23. The van der Waals surface area contributed by atoms with Crippen molar-refractivity contribution in [1.82, 2.24) is 0 Å². The molecule has 0 saturated carbocycles. The number of aliphatic hydroxyl groups is 2. The van der Waals surface area contributed by atoms with E-state index in [4.69, 9.17) is 9.84 Å². The Kier molecular flexibility index (Phi) is 10.5. The number of rotatable bonds is 10. The lowest BCUT2D eigenvalue weighted by molar-refractivity contribution is -0.145. The molecule has 0 rings (SSSR count). The molecule has 2 N–H and O–H groups in total. The smallest absolute Gasteiger partial charge is 0.308 e. The van der Waals surface area contributed by atoms with Crippen LogP contribution in [-0.4, -0.2) is 35.5 Å². The molecule has 0 saturated heterocycles. The van der Waals surface area contributed by atoms with Crippen molar-refractivity contribution in [1.29, 1.82) is 0 Å². The number of carbonyl (C=O) groups is 1. The molecule has 0 aliphatic rings. The molecule has 0 aliphatic heterocycles. The molecule has 4 heteroatoms. The Balaban J connectivity index is 3.29. The fourth-order valence-electron chi connectivity index (χ4n) is 1.54. The topological polar surface area (TPSA) is 66.8 Å². The zero-order chi connectivity index (χ0) is 12.2. The van der Waals surface area contributed by atoms with Crippen LogP contribution in [0.4, 0.5) is 0 Å². The van der Waals surface area contributed by atoms with Crippen molar-refractivity contribution in [3.05, 3.63) is 0 Å². The first-order chi connectivity index (χ1) is 7.70. The third-order valence-electron chi connectivity index (χ3n) is 2.40. The van der Waals surface area contributed by atoms with E-state index in [2.05, 4.69) is 0 Å². The van der Waals surface area contributed by atoms with E-state index in [0.29, 0.717) is 13.0 Å². The minimum absolute atomic E-state index is 0.102. The zero-order valence-corrected chi connectivity index (χ0v) is 10.2. The third kappa shape index (κ3) is 9.93. The highest BCUT2D eigenvalue weighted by Crippen LogP contribution is 2.09. The average molecular weight is 232 g/mol. The van der Waals surface area contributed by atoms with E-state index in [1.165, 1.54) is 0 Å². The fraction of sp³-hybridized carbons (Fsp3) is 0.917. The summed E-state index contributed by atoms with van der Waals surface area (Å²) < 4.78 is 4.75. The van der Waals surface area contributed by atoms with Gasteiger partial charge in [0.15, 0.2) is 0 Å². The highest BCUT2D eigenvalue weighted by molar-refractivity contribution is 5.69. The summed E-state index contributed by atoms with van der Waals surface area (Å²) >= 11 is 0. The van der Waals surface area contributed by atoms with Crippen LogP contribution in [0.2, 0.25) is 0 Å². The molecule has 0 bridgehead atoms. The molecule has 0 aliphatic carbocycles. The van der Waals surface area contributed by atoms with E-state index in [9.17, 15) is 9.90 Å². The Labute approximate surface area is 97.6 Å². The molecule has 0 radical (unpaired) electrons. The molecule has 0 spiro atoms. The Morgan fingerprint density at radius 3 is 2.44 bits per heavy atom. The van der Waals surface area contributed by atoms with Gasteiger partial charge in [0.2, 0.25) is 0 Å². The van der Waals surface area contributed by atoms with Crippen LogP contribution in [0.25, 0.3) is 0 Å². The third-order valence-corrected chi connectivity index (χ3v) is 2.40. The Bertz CT molecular complexity index is 170. The van der Waals surface area contributed by atoms with Gasteiger partial charge in [0.05, 0.1) is 19.1 Å². The van der Waals surface area contributed by atoms with Crippen LogP contribution in [0.15, 0.2) is 0 Å². The quantitative estimate of drug-likeness (QED) is 0.444. The lowest BCUT2D eigenvalue weighted by Gasteiger charge is -2.09. The Hall–Kier alpha value is -0.610. The van der Waals surface area contributed by atoms with Gasteiger partial charge in [-0.2, -0.15) is 0 Å². The molecule has 1 unspecified atom stereocenters. The van der Waals surface area contributed by atoms with Gasteiger partial charge in [0.1, 0.15) is 0 Å². The van der Waals surface area contributed by atoms with Crippen molar-refractivity contribution >= 4 is 5.97 Å². The maximum absolute atomic E-state index is 11.0. The van der Waals surface area contributed by atoms with E-state index >= 15 is 0 Å². The van der Waals surface area contributed by atoms with Crippen LogP contribution in [-0.2, 0) is 9.53 Å². The number of aliphatic hydroxyl groups excluding tert-OH is 2. The predicted octanol–water partition coefficient (Wildman–Crippen LogP) is 1.63. The molecule has 0 fully saturated rings. The summed E-state index contributed by atoms with van der Waals surface area (Å²) in [7, 11) is 0. The molecule has 0 amide bonds. The Morgan fingerprint density at radius 1 is 1.19 bits per heavy atom. The van der Waals surface area contributed by atoms with Crippen LogP contribution >= 0.6 is 0 Å². The second-order valence-corrected chi connectivity index (χ2v) is 3.94. The van der Waals surface area contributed by atoms with Gasteiger partial charge in [0.25, 0.3) is 0 Å². The van der Waals surface area contributed by atoms with Gasteiger partial charge in [-0.05, 0) is 19.8 Å². The molecule has 1 atom stereocenters. The van der Waals surface area contributed by atoms with Gasteiger partial charge in [-0.15, -0.1) is 0 Å². The van der Waals surface area contributed by atoms with Crippen LogP contribution in [0, 0.1) is 0 Å². The van der Waals surface area contributed by atoms with Crippen LogP contribution < -0.4 is 0 Å². The first-order valence-electron chi connectivity index (χ1n) is 6.15. The molecular formula is C12H24O4. The van der Waals surface area contributed by atoms with E-state index in [1.54, 1.807) is 6.92 Å². The number of carbonyl (C=O) groups excluding carboxylic acids is 1. The highest BCUT2D eigenvalue weighted by atomic mass is 16.5. The number of ether oxygens (including phenoxy) is 1. The first kappa shape index (κ1) is 15.4. The standard InChI is InChI=1S/C12H24O4/c1-2-16-12(15)10-11(14)8-6-4-3-5-7-9-13/h11,13-14H,2-10H2,1H3. The minimum atomic E-state index is -0.572. The van der Waals surface area contributed by atoms with Crippen molar-refractivity contribution in [3.63, 3.8) is 0 Å². The minimum Gasteiger partial charge on any atom is -0.466 e. The number of hydrogen-bond donors (Lipinski definition) is 2. The van der Waals surface area contributed by atoms with E-state index in [0.717, 1.165) is 32.1 Å². The first-order valence-corrected chi connectivity index (χ1v) is 6.15. The van der Waals surface area contributed by atoms with Crippen LogP contribution in [0.3, 0.4) is 0 Å². The highest BCUT2D eigenvalue weighted by Gasteiger charge is 2.10. The van der Waals surface area contributed by atoms with Gasteiger partial charge in [-0.1, -0.05) is 25.7 Å². The molecule has 96 valence electrons. The van der Waals surface area contributed by atoms with Crippen molar-refractivity contribution in [3.8, 4) is 0 Å². The van der Waals surface area contributed by atoms with Gasteiger partial charge in [-0.25, -0.2) is 0 Å². The van der Waals surface area contributed by atoms with E-state index in [-0.39, 0.29) is 19.0 Å². The summed E-state index contributed by atoms with van der Waals surface area (Å²) in [6, 6.07) is 0. The maximum atomic E-state index is 11.0. The van der Waals surface area contributed by atoms with Gasteiger partial charge in [0, 0.05) is 6.61 Å². The van der Waals surface area contributed by atoms with Gasteiger partial charge >= 0.3 is 5.97 Å². The maximum Gasteiger partial charge on any atom is 0.308 e. The number of hydrogen-bond acceptors (Lipinski definition) is 4. The second-order valence-electron chi connectivity index (χ2n) is 3.94. The van der Waals surface area contributed by atoms with Crippen LogP contribution in [0.5, 0.6) is 0 Å². The number of esters is 1. The summed E-state index contributed by atoms with van der Waals surface area (Å²) in [4.78, 5) is 11.0. The van der Waals surface area contributed by atoms with E-state index in [1.807, 2.05) is 0 Å². The lowest BCUT2D eigenvalue weighted by atomic mass is 10.1. The zero-order valence-electron chi connectivity index (χ0n) is 10.2. The van der Waals surface area contributed by atoms with Crippen molar-refractivity contribution in [2.24, 2.45) is 0 Å². The van der Waals surface area contributed by atoms with Crippen molar-refractivity contribution in [2.45, 2.75) is 58.0 Å². The summed E-state index contributed by atoms with van der Waals surface area (Å²) in [5.41, 5.74) is 0. The largest absolute Gasteiger partial charge is 0.466 e. The summed E-state index contributed by atoms with van der Waals surface area (Å²) in [6.07, 6.45) is 5.11. The SMILES string of the molecule is CCOC(=O)CC(O)CCCCCCCO. The summed E-state index contributed by atoms with van der Waals surface area (Å²) in [5, 5.41) is 18.1. The van der Waals surface area contributed by atoms with Gasteiger partial charge in [-0.3, -0.25) is 4.79 Å². The van der Waals surface area contributed by atoms with Gasteiger partial charge < -0.3 is 14.9 Å². The van der Waals surface area contributed by atoms with E-state index < -0.39 is 6.10 Å². The molecule has 0 aromatic rings. The molecule has 4 nitrogen and oxygen atoms in total. The molecule has 0 heterocycles. The summed E-state index contributed by atoms with van der Waals surface area (Å²) in [5.74, 6) is -0.324. The number of unbranched alkanes of at least 4 members (excludes halogenated alkanes) is 4. The normalized spacial score (nSPS) is 12.4. The summed E-state index contributed by atoms with van der Waals surface area (Å²) in [6.45, 7) is 2.38. The Morgan fingerprint density at radius 2 is 1.81 bits per heavy atom. The van der Waals surface area contributed by atoms with Crippen molar-refractivity contribution in [2.75, 3.05) is 13.2 Å². The second kappa shape index (κ2) is 10.9. The fourth-order valence-corrected chi connectivity index (χ4v) is 1.54. The monoisotopic (exact) mass is 232 g/mol. The molecule has 16 heavy (non-hydrogen) atoms. The predicted molar refractivity (Wildman–Crippen MR) is 62.0 cm³/mol. The molecular weight excluding hydrogens is 208 g/mol. The lowest BCUT2D eigenvalue weighted by Crippen LogP contribution is -2.15. The van der Waals surface area contributed by atoms with Crippen LogP contribution in [0.1, 0.15) is 51.9 Å². The molecule has 0 aromatic carbocycles.